The Morgan fingerprint density at radius 2 is 2.14 bits per heavy atom. The van der Waals surface area contributed by atoms with Crippen LogP contribution < -0.4 is 10.4 Å². The summed E-state index contributed by atoms with van der Waals surface area (Å²) < 4.78 is 0. The molecule has 1 aliphatic rings. The molecule has 1 heteroatoms. The van der Waals surface area contributed by atoms with Gasteiger partial charge in [0.1, 0.15) is 0 Å². The highest BCUT2D eigenvalue weighted by Gasteiger charge is 2.04. The SMILES string of the molecule is C=C1CC=c2c(C)cccc2=C(Cl)C1. The highest BCUT2D eigenvalue weighted by Crippen LogP contribution is 2.17. The number of benzene rings is 1. The second-order valence-electron chi connectivity index (χ2n) is 3.78. The third kappa shape index (κ3) is 1.62. The third-order valence-corrected chi connectivity index (χ3v) is 2.95. The molecular weight excluding hydrogens is 192 g/mol. The maximum Gasteiger partial charge on any atom is 0.0299 e. The lowest BCUT2D eigenvalue weighted by Gasteiger charge is -1.98. The van der Waals surface area contributed by atoms with Gasteiger partial charge in [0, 0.05) is 11.5 Å². The smallest absolute Gasteiger partial charge is 0.0299 e. The number of halogens is 1. The van der Waals surface area contributed by atoms with Crippen molar-refractivity contribution in [1.82, 2.24) is 0 Å². The molecule has 0 radical (unpaired) electrons. The van der Waals surface area contributed by atoms with Crippen molar-refractivity contribution in [3.8, 4) is 0 Å². The van der Waals surface area contributed by atoms with Crippen molar-refractivity contribution in [2.75, 3.05) is 0 Å². The standard InChI is InChI=1S/C13H13Cl/c1-9-6-7-11-10(2)4-3-5-12(11)13(14)8-9/h3-5,7H,1,6,8H2,2H3. The molecule has 0 aromatic heterocycles. The number of allylic oxidation sites excluding steroid dienone is 1. The van der Waals surface area contributed by atoms with Gasteiger partial charge in [-0.1, -0.05) is 48.0 Å². The molecule has 0 spiro atoms. The minimum atomic E-state index is 0.814. The van der Waals surface area contributed by atoms with Crippen LogP contribution in [0.5, 0.6) is 0 Å². The van der Waals surface area contributed by atoms with E-state index >= 15 is 0 Å². The van der Waals surface area contributed by atoms with Crippen LogP contribution in [0.15, 0.2) is 30.4 Å². The Morgan fingerprint density at radius 3 is 2.93 bits per heavy atom. The zero-order valence-electron chi connectivity index (χ0n) is 8.31. The normalized spacial score (nSPS) is 15.9. The number of hydrogen-bond acceptors (Lipinski definition) is 0. The van der Waals surface area contributed by atoms with E-state index in [9.17, 15) is 0 Å². The molecule has 0 nitrogen and oxygen atoms in total. The first-order valence-corrected chi connectivity index (χ1v) is 5.17. The van der Waals surface area contributed by atoms with Gasteiger partial charge < -0.3 is 0 Å². The molecule has 72 valence electrons. The molecular formula is C13H13Cl. The predicted molar refractivity (Wildman–Crippen MR) is 62.5 cm³/mol. The van der Waals surface area contributed by atoms with Crippen LogP contribution in [-0.2, 0) is 0 Å². The van der Waals surface area contributed by atoms with Crippen LogP contribution in [0.4, 0.5) is 0 Å². The van der Waals surface area contributed by atoms with E-state index in [-0.39, 0.29) is 0 Å². The molecule has 0 amide bonds. The minimum Gasteiger partial charge on any atom is -0.0992 e. The van der Waals surface area contributed by atoms with Gasteiger partial charge in [0.25, 0.3) is 0 Å². The molecule has 0 N–H and O–H groups in total. The van der Waals surface area contributed by atoms with Gasteiger partial charge in [-0.3, -0.25) is 0 Å². The minimum absolute atomic E-state index is 0.814. The summed E-state index contributed by atoms with van der Waals surface area (Å²) in [6.07, 6.45) is 3.98. The van der Waals surface area contributed by atoms with E-state index in [4.69, 9.17) is 11.6 Å². The van der Waals surface area contributed by atoms with Gasteiger partial charge in [-0.05, 0) is 29.3 Å². The largest absolute Gasteiger partial charge is 0.0992 e. The Hall–Kier alpha value is -1.01. The first-order chi connectivity index (χ1) is 6.68. The van der Waals surface area contributed by atoms with Gasteiger partial charge in [-0.2, -0.15) is 0 Å². The zero-order chi connectivity index (χ0) is 10.1. The molecule has 0 heterocycles. The molecule has 0 unspecified atom stereocenters. The second kappa shape index (κ2) is 3.62. The molecule has 0 saturated heterocycles. The summed E-state index contributed by atoms with van der Waals surface area (Å²) in [6.45, 7) is 6.12. The lowest BCUT2D eigenvalue weighted by atomic mass is 10.1. The van der Waals surface area contributed by atoms with Gasteiger partial charge in [-0.15, -0.1) is 0 Å². The topological polar surface area (TPSA) is 0 Å². The van der Waals surface area contributed by atoms with Crippen molar-refractivity contribution in [1.29, 1.82) is 0 Å². The van der Waals surface area contributed by atoms with Crippen molar-refractivity contribution in [2.45, 2.75) is 19.8 Å². The van der Waals surface area contributed by atoms with Crippen molar-refractivity contribution in [2.24, 2.45) is 0 Å². The van der Waals surface area contributed by atoms with E-state index in [2.05, 4.69) is 37.8 Å². The molecule has 0 fully saturated rings. The van der Waals surface area contributed by atoms with Crippen LogP contribution in [0.25, 0.3) is 11.1 Å². The van der Waals surface area contributed by atoms with E-state index in [0.29, 0.717) is 0 Å². The molecule has 2 rings (SSSR count). The van der Waals surface area contributed by atoms with Crippen molar-refractivity contribution in [3.63, 3.8) is 0 Å². The Bertz CT molecular complexity index is 494. The summed E-state index contributed by atoms with van der Waals surface area (Å²) in [5, 5.41) is 3.36. The van der Waals surface area contributed by atoms with E-state index in [1.54, 1.807) is 0 Å². The number of aryl methyl sites for hydroxylation is 1. The predicted octanol–water partition coefficient (Wildman–Crippen LogP) is 2.47. The van der Waals surface area contributed by atoms with Crippen LogP contribution >= 0.6 is 11.6 Å². The van der Waals surface area contributed by atoms with Crippen LogP contribution in [-0.4, -0.2) is 0 Å². The average molecular weight is 205 g/mol. The Morgan fingerprint density at radius 1 is 1.36 bits per heavy atom. The Balaban J connectivity index is 2.86. The summed E-state index contributed by atoms with van der Waals surface area (Å²) in [4.78, 5) is 0. The summed E-state index contributed by atoms with van der Waals surface area (Å²) in [6, 6.07) is 6.26. The first kappa shape index (κ1) is 9.54. The lowest BCUT2D eigenvalue weighted by molar-refractivity contribution is 1.19. The van der Waals surface area contributed by atoms with Crippen molar-refractivity contribution in [3.05, 3.63) is 46.4 Å². The number of fused-ring (bicyclic) bond motifs is 1. The number of hydrogen-bond donors (Lipinski definition) is 0. The van der Waals surface area contributed by atoms with E-state index < -0.39 is 0 Å². The summed E-state index contributed by atoms with van der Waals surface area (Å²) in [5.74, 6) is 0. The average Bonchev–Trinajstić information content (AvgIpc) is 2.28. The quantitative estimate of drug-likeness (QED) is 0.570. The fourth-order valence-corrected chi connectivity index (χ4v) is 2.18. The Labute approximate surface area is 89.2 Å². The van der Waals surface area contributed by atoms with Crippen LogP contribution in [0.2, 0.25) is 0 Å². The first-order valence-electron chi connectivity index (χ1n) is 4.79. The van der Waals surface area contributed by atoms with Gasteiger partial charge in [-0.25, -0.2) is 0 Å². The molecule has 1 aliphatic carbocycles. The number of rotatable bonds is 0. The van der Waals surface area contributed by atoms with Crippen LogP contribution in [0.3, 0.4) is 0 Å². The highest BCUT2D eigenvalue weighted by molar-refractivity contribution is 6.45. The van der Waals surface area contributed by atoms with Gasteiger partial charge in [0.15, 0.2) is 0 Å². The van der Waals surface area contributed by atoms with Gasteiger partial charge in [0.05, 0.1) is 0 Å². The van der Waals surface area contributed by atoms with Crippen molar-refractivity contribution < 1.29 is 0 Å². The molecule has 0 bridgehead atoms. The molecule has 0 aliphatic heterocycles. The van der Waals surface area contributed by atoms with E-state index in [0.717, 1.165) is 17.9 Å². The molecule has 14 heavy (non-hydrogen) atoms. The van der Waals surface area contributed by atoms with Crippen molar-refractivity contribution >= 4 is 22.7 Å². The molecule has 0 saturated carbocycles. The summed E-state index contributed by atoms with van der Waals surface area (Å²) in [5.41, 5.74) is 2.47. The van der Waals surface area contributed by atoms with E-state index in [1.807, 2.05) is 0 Å². The lowest BCUT2D eigenvalue weighted by Crippen LogP contribution is -2.27. The fraction of sp³-hybridized carbons (Fsp3) is 0.231. The maximum atomic E-state index is 6.25. The van der Waals surface area contributed by atoms with E-state index in [1.165, 1.54) is 21.6 Å². The zero-order valence-corrected chi connectivity index (χ0v) is 9.06. The second-order valence-corrected chi connectivity index (χ2v) is 4.23. The molecule has 1 aromatic carbocycles. The Kier molecular flexibility index (Phi) is 2.47. The fourth-order valence-electron chi connectivity index (χ4n) is 1.82. The summed E-state index contributed by atoms with van der Waals surface area (Å²) >= 11 is 6.25. The van der Waals surface area contributed by atoms with Crippen LogP contribution in [0, 0.1) is 6.92 Å². The molecule has 1 aromatic rings. The van der Waals surface area contributed by atoms with Gasteiger partial charge in [0.2, 0.25) is 0 Å². The third-order valence-electron chi connectivity index (χ3n) is 2.62. The van der Waals surface area contributed by atoms with Gasteiger partial charge >= 0.3 is 0 Å². The monoisotopic (exact) mass is 204 g/mol. The van der Waals surface area contributed by atoms with Crippen LogP contribution in [0.1, 0.15) is 18.4 Å². The molecule has 0 atom stereocenters. The summed E-state index contributed by atoms with van der Waals surface area (Å²) in [7, 11) is 0. The maximum absolute atomic E-state index is 6.25. The highest BCUT2D eigenvalue weighted by atomic mass is 35.5.